The van der Waals surface area contributed by atoms with Crippen molar-refractivity contribution in [1.82, 2.24) is 0 Å². The highest BCUT2D eigenvalue weighted by Gasteiger charge is 2.31. The number of methoxy groups -OCH3 is 1. The van der Waals surface area contributed by atoms with Gasteiger partial charge >= 0.3 is 5.97 Å². The van der Waals surface area contributed by atoms with Crippen LogP contribution in [0.15, 0.2) is 40.9 Å². The third kappa shape index (κ3) is 3.27. The summed E-state index contributed by atoms with van der Waals surface area (Å²) in [5.41, 5.74) is 6.80. The molecule has 0 heterocycles. The van der Waals surface area contributed by atoms with Gasteiger partial charge in [0.15, 0.2) is 0 Å². The number of ether oxygens (including phenoxy) is 1. The van der Waals surface area contributed by atoms with Crippen LogP contribution in [0, 0.1) is 5.41 Å². The summed E-state index contributed by atoms with van der Waals surface area (Å²) in [6.07, 6.45) is 0.533. The lowest BCUT2D eigenvalue weighted by Gasteiger charge is -2.26. The minimum absolute atomic E-state index is 0.225. The Morgan fingerprint density at radius 1 is 1.24 bits per heavy atom. The van der Waals surface area contributed by atoms with Crippen molar-refractivity contribution in [2.24, 2.45) is 11.1 Å². The van der Waals surface area contributed by atoms with Crippen LogP contribution < -0.4 is 5.73 Å². The summed E-state index contributed by atoms with van der Waals surface area (Å²) < 4.78 is 5.90. The van der Waals surface area contributed by atoms with Crippen LogP contribution in [-0.2, 0) is 9.53 Å². The molecule has 0 aliphatic rings. The van der Waals surface area contributed by atoms with Crippen LogP contribution in [0.5, 0.6) is 0 Å². The molecule has 0 radical (unpaired) electrons. The lowest BCUT2D eigenvalue weighted by Crippen LogP contribution is -2.30. The molecule has 0 bridgehead atoms. The fourth-order valence-corrected chi connectivity index (χ4v) is 3.11. The zero-order chi connectivity index (χ0) is 15.6. The van der Waals surface area contributed by atoms with Gasteiger partial charge in [0, 0.05) is 10.5 Å². The molecule has 0 fully saturated rings. The van der Waals surface area contributed by atoms with E-state index >= 15 is 0 Å². The number of halogens is 1. The van der Waals surface area contributed by atoms with Crippen molar-refractivity contribution in [3.05, 3.63) is 46.4 Å². The maximum absolute atomic E-state index is 11.8. The van der Waals surface area contributed by atoms with Crippen LogP contribution >= 0.6 is 15.9 Å². The number of fused-ring (bicyclic) bond motifs is 1. The number of carbonyl (C=O) groups excluding carboxylic acids is 1. The summed E-state index contributed by atoms with van der Waals surface area (Å²) in [5, 5.41) is 2.24. The smallest absolute Gasteiger partial charge is 0.311 e. The minimum Gasteiger partial charge on any atom is -0.469 e. The quantitative estimate of drug-likeness (QED) is 0.841. The molecule has 0 amide bonds. The van der Waals surface area contributed by atoms with Crippen molar-refractivity contribution in [3.8, 4) is 0 Å². The Morgan fingerprint density at radius 3 is 2.48 bits per heavy atom. The van der Waals surface area contributed by atoms with Crippen molar-refractivity contribution in [2.45, 2.75) is 26.3 Å². The largest absolute Gasteiger partial charge is 0.469 e. The van der Waals surface area contributed by atoms with Crippen molar-refractivity contribution < 1.29 is 9.53 Å². The molecule has 2 N–H and O–H groups in total. The average Bonchev–Trinajstić information content (AvgIpc) is 2.46. The Bertz CT molecular complexity index is 667. The van der Waals surface area contributed by atoms with Crippen LogP contribution in [0.4, 0.5) is 0 Å². The molecule has 0 saturated heterocycles. The van der Waals surface area contributed by atoms with E-state index in [9.17, 15) is 4.79 Å². The second-order valence-electron chi connectivity index (χ2n) is 5.87. The Labute approximate surface area is 133 Å². The van der Waals surface area contributed by atoms with Crippen molar-refractivity contribution in [2.75, 3.05) is 7.11 Å². The van der Waals surface area contributed by atoms with Crippen LogP contribution in [-0.4, -0.2) is 13.1 Å². The minimum atomic E-state index is -0.609. The third-order valence-electron chi connectivity index (χ3n) is 3.77. The van der Waals surface area contributed by atoms with Crippen LogP contribution in [0.2, 0.25) is 0 Å². The molecule has 2 aromatic carbocycles. The Balaban J connectivity index is 2.39. The van der Waals surface area contributed by atoms with Crippen LogP contribution in [0.25, 0.3) is 10.8 Å². The molecule has 0 spiro atoms. The summed E-state index contributed by atoms with van der Waals surface area (Å²) in [4.78, 5) is 11.8. The van der Waals surface area contributed by atoms with Gasteiger partial charge in [-0.05, 0) is 42.7 Å². The summed E-state index contributed by atoms with van der Waals surface area (Å²) in [5.74, 6) is -0.237. The second kappa shape index (κ2) is 6.16. The number of carbonyl (C=O) groups is 1. The fraction of sp³-hybridized carbons (Fsp3) is 0.353. The molecule has 0 aromatic heterocycles. The van der Waals surface area contributed by atoms with Gasteiger partial charge in [-0.3, -0.25) is 4.79 Å². The molecule has 0 aliphatic heterocycles. The monoisotopic (exact) mass is 349 g/mol. The number of hydrogen-bond acceptors (Lipinski definition) is 3. The van der Waals surface area contributed by atoms with Gasteiger partial charge in [-0.15, -0.1) is 0 Å². The average molecular weight is 350 g/mol. The fourth-order valence-electron chi connectivity index (χ4n) is 2.63. The van der Waals surface area contributed by atoms with E-state index < -0.39 is 5.41 Å². The SMILES string of the molecule is COC(=O)C(C)(C)CC(N)c1ccc(Br)c2ccccc12. The highest BCUT2D eigenvalue weighted by Crippen LogP contribution is 2.35. The standard InChI is InChI=1S/C17H20BrNO2/c1-17(2,16(20)21-3)10-15(19)13-8-9-14(18)12-7-5-4-6-11(12)13/h4-9,15H,10,19H2,1-3H3. The van der Waals surface area contributed by atoms with Crippen LogP contribution in [0.1, 0.15) is 31.9 Å². The van der Waals surface area contributed by atoms with E-state index in [1.807, 2.05) is 38.1 Å². The number of esters is 1. The van der Waals surface area contributed by atoms with Gasteiger partial charge in [0.05, 0.1) is 12.5 Å². The topological polar surface area (TPSA) is 52.3 Å². The van der Waals surface area contributed by atoms with Gasteiger partial charge in [-0.1, -0.05) is 46.3 Å². The molecule has 2 rings (SSSR count). The van der Waals surface area contributed by atoms with E-state index in [1.165, 1.54) is 7.11 Å². The predicted molar refractivity (Wildman–Crippen MR) is 89.0 cm³/mol. The molecule has 112 valence electrons. The predicted octanol–water partition coefficient (Wildman–Crippen LogP) is 4.19. The summed E-state index contributed by atoms with van der Waals surface area (Å²) in [6, 6.07) is 11.9. The van der Waals surface area contributed by atoms with E-state index in [0.29, 0.717) is 6.42 Å². The molecule has 21 heavy (non-hydrogen) atoms. The molecule has 1 unspecified atom stereocenters. The van der Waals surface area contributed by atoms with Crippen molar-refractivity contribution in [3.63, 3.8) is 0 Å². The number of hydrogen-bond donors (Lipinski definition) is 1. The Hall–Kier alpha value is -1.39. The molecule has 4 heteroatoms. The summed E-state index contributed by atoms with van der Waals surface area (Å²) in [6.45, 7) is 3.72. The van der Waals surface area contributed by atoms with Gasteiger partial charge < -0.3 is 10.5 Å². The maximum Gasteiger partial charge on any atom is 0.311 e. The molecule has 3 nitrogen and oxygen atoms in total. The zero-order valence-electron chi connectivity index (χ0n) is 12.5. The Morgan fingerprint density at radius 2 is 1.86 bits per heavy atom. The normalized spacial score (nSPS) is 13.2. The van der Waals surface area contributed by atoms with E-state index in [1.54, 1.807) is 0 Å². The summed E-state index contributed by atoms with van der Waals surface area (Å²) in [7, 11) is 1.41. The third-order valence-corrected chi connectivity index (χ3v) is 4.46. The first-order valence-corrected chi connectivity index (χ1v) is 7.67. The van der Waals surface area contributed by atoms with E-state index in [0.717, 1.165) is 20.8 Å². The highest BCUT2D eigenvalue weighted by molar-refractivity contribution is 9.10. The molecule has 0 saturated carbocycles. The first kappa shape index (κ1) is 16.0. The van der Waals surface area contributed by atoms with Crippen molar-refractivity contribution >= 4 is 32.7 Å². The van der Waals surface area contributed by atoms with Gasteiger partial charge in [0.2, 0.25) is 0 Å². The van der Waals surface area contributed by atoms with Gasteiger partial charge in [-0.2, -0.15) is 0 Å². The maximum atomic E-state index is 11.8. The van der Waals surface area contributed by atoms with Crippen LogP contribution in [0.3, 0.4) is 0 Å². The lowest BCUT2D eigenvalue weighted by molar-refractivity contribution is -0.151. The first-order chi connectivity index (χ1) is 9.86. The second-order valence-corrected chi connectivity index (χ2v) is 6.72. The highest BCUT2D eigenvalue weighted by atomic mass is 79.9. The van der Waals surface area contributed by atoms with Crippen molar-refractivity contribution in [1.29, 1.82) is 0 Å². The van der Waals surface area contributed by atoms with E-state index in [2.05, 4.69) is 28.1 Å². The Kier molecular flexibility index (Phi) is 4.69. The molecule has 0 aliphatic carbocycles. The summed E-state index contributed by atoms with van der Waals surface area (Å²) >= 11 is 3.56. The molecular weight excluding hydrogens is 330 g/mol. The first-order valence-electron chi connectivity index (χ1n) is 6.88. The van der Waals surface area contributed by atoms with Gasteiger partial charge in [-0.25, -0.2) is 0 Å². The lowest BCUT2D eigenvalue weighted by atomic mass is 9.83. The molecule has 2 aromatic rings. The molecular formula is C17H20BrNO2. The van der Waals surface area contributed by atoms with E-state index in [-0.39, 0.29) is 12.0 Å². The number of rotatable bonds is 4. The van der Waals surface area contributed by atoms with Gasteiger partial charge in [0.1, 0.15) is 0 Å². The number of nitrogens with two attached hydrogens (primary N) is 1. The molecule has 1 atom stereocenters. The van der Waals surface area contributed by atoms with E-state index in [4.69, 9.17) is 10.5 Å². The number of benzene rings is 2. The zero-order valence-corrected chi connectivity index (χ0v) is 14.1. The van der Waals surface area contributed by atoms with Gasteiger partial charge in [0.25, 0.3) is 0 Å².